The van der Waals surface area contributed by atoms with Gasteiger partial charge in [0.25, 0.3) is 0 Å². The zero-order valence-electron chi connectivity index (χ0n) is 16.9. The fraction of sp³-hybridized carbons (Fsp3) is 0.286. The lowest BCUT2D eigenvalue weighted by atomic mass is 10.1. The molecule has 146 valence electrons. The number of benzene rings is 2. The fourth-order valence-corrected chi connectivity index (χ4v) is 3.58. The highest BCUT2D eigenvalue weighted by Crippen LogP contribution is 2.25. The third-order valence-corrected chi connectivity index (χ3v) is 5.49. The van der Waals surface area contributed by atoms with Gasteiger partial charge in [-0.25, -0.2) is 0 Å². The van der Waals surface area contributed by atoms with Gasteiger partial charge in [0.15, 0.2) is 11.0 Å². The number of anilines is 2. The lowest BCUT2D eigenvalue weighted by Gasteiger charge is -2.12. The van der Waals surface area contributed by atoms with E-state index < -0.39 is 0 Å². The highest BCUT2D eigenvalue weighted by Gasteiger charge is 2.13. The van der Waals surface area contributed by atoms with E-state index in [1.54, 1.807) is 0 Å². The van der Waals surface area contributed by atoms with E-state index in [4.69, 9.17) is 0 Å². The van der Waals surface area contributed by atoms with Crippen molar-refractivity contribution < 1.29 is 4.79 Å². The van der Waals surface area contributed by atoms with Crippen LogP contribution in [0.2, 0.25) is 0 Å². The number of amides is 1. The minimum atomic E-state index is -0.0585. The zero-order valence-corrected chi connectivity index (χ0v) is 17.7. The van der Waals surface area contributed by atoms with Gasteiger partial charge < -0.3 is 14.8 Å². The molecule has 0 unspecified atom stereocenters. The van der Waals surface area contributed by atoms with E-state index in [9.17, 15) is 4.79 Å². The molecule has 0 aliphatic carbocycles. The number of carbonyl (C=O) groups excluding carboxylic acids is 1. The summed E-state index contributed by atoms with van der Waals surface area (Å²) >= 11 is 1.38. The van der Waals surface area contributed by atoms with Gasteiger partial charge in [-0.2, -0.15) is 0 Å². The molecule has 6 nitrogen and oxygen atoms in total. The van der Waals surface area contributed by atoms with Gasteiger partial charge in [0, 0.05) is 38.1 Å². The maximum atomic E-state index is 12.3. The Kier molecular flexibility index (Phi) is 6.04. The minimum absolute atomic E-state index is 0.0585. The smallest absolute Gasteiger partial charge is 0.234 e. The summed E-state index contributed by atoms with van der Waals surface area (Å²) in [4.78, 5) is 14.4. The van der Waals surface area contributed by atoms with Crippen molar-refractivity contribution in [2.75, 3.05) is 30.1 Å². The molecule has 0 saturated carbocycles. The van der Waals surface area contributed by atoms with E-state index in [1.807, 2.05) is 76.0 Å². The second kappa shape index (κ2) is 8.48. The highest BCUT2D eigenvalue weighted by atomic mass is 32.2. The van der Waals surface area contributed by atoms with Crippen molar-refractivity contribution in [3.8, 4) is 11.4 Å². The Balaban J connectivity index is 1.64. The minimum Gasteiger partial charge on any atom is -0.378 e. The summed E-state index contributed by atoms with van der Waals surface area (Å²) in [6.45, 7) is 4.03. The topological polar surface area (TPSA) is 63.1 Å². The van der Waals surface area contributed by atoms with E-state index in [0.717, 1.165) is 28.3 Å². The van der Waals surface area contributed by atoms with Gasteiger partial charge in [0.2, 0.25) is 5.91 Å². The number of aromatic nitrogens is 3. The van der Waals surface area contributed by atoms with Crippen molar-refractivity contribution in [3.63, 3.8) is 0 Å². The second-order valence-corrected chi connectivity index (χ2v) is 7.90. The zero-order chi connectivity index (χ0) is 20.3. The van der Waals surface area contributed by atoms with E-state index >= 15 is 0 Å². The summed E-state index contributed by atoms with van der Waals surface area (Å²) in [7, 11) is 5.93. The predicted octanol–water partition coefficient (Wildman–Crippen LogP) is 3.90. The van der Waals surface area contributed by atoms with Crippen molar-refractivity contribution >= 4 is 29.0 Å². The maximum Gasteiger partial charge on any atom is 0.234 e. The molecular formula is C21H25N5OS. The summed E-state index contributed by atoms with van der Waals surface area (Å²) in [6, 6.07) is 14.1. The molecule has 0 aliphatic rings. The first kappa shape index (κ1) is 19.9. The number of hydrogen-bond acceptors (Lipinski definition) is 5. The van der Waals surface area contributed by atoms with Gasteiger partial charge in [-0.15, -0.1) is 10.2 Å². The number of aryl methyl sites for hydroxylation is 2. The van der Waals surface area contributed by atoms with Crippen LogP contribution in [0.25, 0.3) is 11.4 Å². The Labute approximate surface area is 170 Å². The molecule has 0 saturated heterocycles. The summed E-state index contributed by atoms with van der Waals surface area (Å²) < 4.78 is 1.92. The van der Waals surface area contributed by atoms with Gasteiger partial charge in [-0.05, 0) is 49.7 Å². The van der Waals surface area contributed by atoms with Crippen LogP contribution < -0.4 is 10.2 Å². The molecule has 28 heavy (non-hydrogen) atoms. The molecule has 2 aromatic carbocycles. The molecule has 1 heterocycles. The molecule has 0 fully saturated rings. The number of hydrogen-bond donors (Lipinski definition) is 1. The molecule has 1 amide bonds. The Morgan fingerprint density at radius 1 is 1.11 bits per heavy atom. The van der Waals surface area contributed by atoms with Crippen molar-refractivity contribution in [1.82, 2.24) is 14.8 Å². The van der Waals surface area contributed by atoms with Crippen LogP contribution in [0.15, 0.2) is 47.6 Å². The second-order valence-electron chi connectivity index (χ2n) is 6.96. The van der Waals surface area contributed by atoms with E-state index in [2.05, 4.69) is 26.5 Å². The quantitative estimate of drug-likeness (QED) is 0.642. The fourth-order valence-electron chi connectivity index (χ4n) is 2.87. The molecule has 0 aliphatic heterocycles. The van der Waals surface area contributed by atoms with Crippen LogP contribution in [0.3, 0.4) is 0 Å². The first-order valence-corrected chi connectivity index (χ1v) is 10.0. The average Bonchev–Trinajstić information content (AvgIpc) is 3.03. The van der Waals surface area contributed by atoms with Crippen LogP contribution in [0.5, 0.6) is 0 Å². The van der Waals surface area contributed by atoms with E-state index in [0.29, 0.717) is 5.16 Å². The molecule has 0 radical (unpaired) electrons. The lowest BCUT2D eigenvalue weighted by molar-refractivity contribution is -0.113. The average molecular weight is 396 g/mol. The summed E-state index contributed by atoms with van der Waals surface area (Å²) in [5.74, 6) is 0.998. The van der Waals surface area contributed by atoms with Crippen LogP contribution in [-0.4, -0.2) is 40.5 Å². The van der Waals surface area contributed by atoms with Crippen LogP contribution in [-0.2, 0) is 11.8 Å². The van der Waals surface area contributed by atoms with E-state index in [1.165, 1.54) is 17.3 Å². The summed E-state index contributed by atoms with van der Waals surface area (Å²) in [5.41, 5.74) is 5.20. The molecule has 0 atom stereocenters. The number of nitrogens with zero attached hydrogens (tertiary/aromatic N) is 4. The maximum absolute atomic E-state index is 12.3. The number of carbonyl (C=O) groups is 1. The first-order chi connectivity index (χ1) is 13.3. The van der Waals surface area contributed by atoms with Crippen LogP contribution in [0.1, 0.15) is 11.1 Å². The number of rotatable bonds is 6. The van der Waals surface area contributed by atoms with Gasteiger partial charge in [-0.1, -0.05) is 29.5 Å². The van der Waals surface area contributed by atoms with Gasteiger partial charge in [-0.3, -0.25) is 4.79 Å². The standard InChI is InChI=1S/C21H25N5OS/c1-14-6-11-18(15(2)12-14)22-19(27)13-28-21-24-23-20(26(21)5)16-7-9-17(10-8-16)25(3)4/h6-12H,13H2,1-5H3,(H,22,27). The normalized spacial score (nSPS) is 10.8. The van der Waals surface area contributed by atoms with Crippen LogP contribution >= 0.6 is 11.8 Å². The Bertz CT molecular complexity index is 979. The molecule has 1 aromatic heterocycles. The summed E-state index contributed by atoms with van der Waals surface area (Å²) in [6.07, 6.45) is 0. The predicted molar refractivity (Wildman–Crippen MR) is 116 cm³/mol. The highest BCUT2D eigenvalue weighted by molar-refractivity contribution is 7.99. The van der Waals surface area contributed by atoms with Crippen LogP contribution in [0.4, 0.5) is 11.4 Å². The monoisotopic (exact) mass is 395 g/mol. The van der Waals surface area contributed by atoms with E-state index in [-0.39, 0.29) is 11.7 Å². The van der Waals surface area contributed by atoms with Gasteiger partial charge in [0.1, 0.15) is 0 Å². The molecule has 0 spiro atoms. The third-order valence-electron chi connectivity index (χ3n) is 4.47. The lowest BCUT2D eigenvalue weighted by Crippen LogP contribution is -2.15. The molecule has 1 N–H and O–H groups in total. The Morgan fingerprint density at radius 3 is 2.46 bits per heavy atom. The van der Waals surface area contributed by atoms with Crippen molar-refractivity contribution in [2.24, 2.45) is 7.05 Å². The molecule has 0 bridgehead atoms. The number of nitrogens with one attached hydrogen (secondary N) is 1. The summed E-state index contributed by atoms with van der Waals surface area (Å²) in [5, 5.41) is 12.2. The third kappa shape index (κ3) is 4.54. The van der Waals surface area contributed by atoms with Crippen molar-refractivity contribution in [2.45, 2.75) is 19.0 Å². The molecule has 3 aromatic rings. The SMILES string of the molecule is Cc1ccc(NC(=O)CSc2nnc(-c3ccc(N(C)C)cc3)n2C)c(C)c1. The number of thioether (sulfide) groups is 1. The van der Waals surface area contributed by atoms with Crippen molar-refractivity contribution in [1.29, 1.82) is 0 Å². The largest absolute Gasteiger partial charge is 0.378 e. The van der Waals surface area contributed by atoms with Crippen LogP contribution in [0, 0.1) is 13.8 Å². The Morgan fingerprint density at radius 2 is 1.82 bits per heavy atom. The van der Waals surface area contributed by atoms with Gasteiger partial charge in [0.05, 0.1) is 5.75 Å². The van der Waals surface area contributed by atoms with Gasteiger partial charge >= 0.3 is 0 Å². The first-order valence-electron chi connectivity index (χ1n) is 9.02. The van der Waals surface area contributed by atoms with Crippen molar-refractivity contribution in [3.05, 3.63) is 53.6 Å². The molecule has 7 heteroatoms. The molecular weight excluding hydrogens is 370 g/mol. The Hall–Kier alpha value is -2.80. The molecule has 3 rings (SSSR count).